The van der Waals surface area contributed by atoms with E-state index in [0.717, 1.165) is 102 Å². The normalized spacial score (nSPS) is 14.1. The molecule has 0 aliphatic rings. The number of aliphatic hydroxyl groups is 1. The van der Waals surface area contributed by atoms with Gasteiger partial charge < -0.3 is 33.8 Å². The maximum absolute atomic E-state index is 13.1. The van der Waals surface area contributed by atoms with Crippen molar-refractivity contribution in [1.29, 1.82) is 0 Å². The number of aliphatic hydroxyl groups excluding tert-OH is 1. The average molecular weight is 1520 g/mol. The summed E-state index contributed by atoms with van der Waals surface area (Å²) < 4.78 is 68.9. The first kappa shape index (κ1) is 102. The van der Waals surface area contributed by atoms with Gasteiger partial charge in [0.05, 0.1) is 26.4 Å². The molecule has 17 nitrogen and oxygen atoms in total. The fourth-order valence-electron chi connectivity index (χ4n) is 13.2. The van der Waals surface area contributed by atoms with E-state index in [1.165, 1.54) is 270 Å². The molecule has 3 unspecified atom stereocenters. The van der Waals surface area contributed by atoms with E-state index in [1.54, 1.807) is 0 Å². The molecule has 6 atom stereocenters. The molecule has 0 aromatic carbocycles. The summed E-state index contributed by atoms with van der Waals surface area (Å²) in [4.78, 5) is 73.2. The number of carbonyl (C=O) groups is 4. The van der Waals surface area contributed by atoms with Crippen molar-refractivity contribution < 1.29 is 80.2 Å². The number of hydrogen-bond donors (Lipinski definition) is 3. The van der Waals surface area contributed by atoms with E-state index in [1.807, 2.05) is 0 Å². The van der Waals surface area contributed by atoms with Crippen LogP contribution in [0.25, 0.3) is 0 Å². The minimum absolute atomic E-state index is 0.106. The second-order valence-corrected chi connectivity index (χ2v) is 34.2. The lowest BCUT2D eigenvalue weighted by Crippen LogP contribution is -2.30. The van der Waals surface area contributed by atoms with Gasteiger partial charge >= 0.3 is 39.5 Å². The van der Waals surface area contributed by atoms with E-state index in [9.17, 15) is 43.2 Å². The number of unbranched alkanes of at least 4 members (excludes halogenated alkanes) is 53. The highest BCUT2D eigenvalue weighted by Crippen LogP contribution is 2.45. The zero-order valence-corrected chi connectivity index (χ0v) is 70.1. The molecule has 0 rings (SSSR count). The molecule has 0 aliphatic carbocycles. The molecule has 3 N–H and O–H groups in total. The number of phosphoric ester groups is 2. The van der Waals surface area contributed by atoms with Gasteiger partial charge in [-0.1, -0.05) is 401 Å². The summed E-state index contributed by atoms with van der Waals surface area (Å²) in [5.74, 6) is -0.576. The summed E-state index contributed by atoms with van der Waals surface area (Å²) in [5.41, 5.74) is 0. The number of phosphoric acid groups is 2. The van der Waals surface area contributed by atoms with Crippen molar-refractivity contribution in [2.45, 2.75) is 471 Å². The van der Waals surface area contributed by atoms with Gasteiger partial charge in [-0.2, -0.15) is 0 Å². The smallest absolute Gasteiger partial charge is 0.462 e. The van der Waals surface area contributed by atoms with Gasteiger partial charge in [0.25, 0.3) is 0 Å². The van der Waals surface area contributed by atoms with E-state index in [2.05, 4.69) is 41.5 Å². The Morgan fingerprint density at radius 2 is 0.490 bits per heavy atom. The minimum atomic E-state index is -4.97. The van der Waals surface area contributed by atoms with Gasteiger partial charge in [-0.3, -0.25) is 37.3 Å². The van der Waals surface area contributed by atoms with Gasteiger partial charge in [0.1, 0.15) is 19.3 Å². The average Bonchev–Trinajstić information content (AvgIpc) is 0.904. The summed E-state index contributed by atoms with van der Waals surface area (Å²) in [6, 6.07) is 0. The van der Waals surface area contributed by atoms with Crippen molar-refractivity contribution in [2.24, 2.45) is 11.8 Å². The zero-order valence-electron chi connectivity index (χ0n) is 68.3. The van der Waals surface area contributed by atoms with Crippen LogP contribution in [0.2, 0.25) is 0 Å². The van der Waals surface area contributed by atoms with Crippen LogP contribution in [0.5, 0.6) is 0 Å². The highest BCUT2D eigenvalue weighted by Gasteiger charge is 2.30. The molecule has 19 heteroatoms. The van der Waals surface area contributed by atoms with Crippen LogP contribution in [0.3, 0.4) is 0 Å². The Balaban J connectivity index is 5.23. The van der Waals surface area contributed by atoms with Crippen LogP contribution in [0.15, 0.2) is 0 Å². The first-order chi connectivity index (χ1) is 50.4. The maximum atomic E-state index is 13.1. The summed E-state index contributed by atoms with van der Waals surface area (Å²) >= 11 is 0. The summed E-state index contributed by atoms with van der Waals surface area (Å²) in [5, 5.41) is 10.7. The minimum Gasteiger partial charge on any atom is -0.462 e. The number of hydrogen-bond acceptors (Lipinski definition) is 15. The predicted molar refractivity (Wildman–Crippen MR) is 428 cm³/mol. The largest absolute Gasteiger partial charge is 0.472 e. The molecule has 104 heavy (non-hydrogen) atoms. The second-order valence-electron chi connectivity index (χ2n) is 31.3. The highest BCUT2D eigenvalue weighted by molar-refractivity contribution is 7.47. The summed E-state index contributed by atoms with van der Waals surface area (Å²) in [6.45, 7) is 9.65. The van der Waals surface area contributed by atoms with Crippen LogP contribution in [-0.4, -0.2) is 96.7 Å². The van der Waals surface area contributed by atoms with Crippen LogP contribution in [-0.2, 0) is 65.4 Å². The Hall–Kier alpha value is -1.94. The van der Waals surface area contributed by atoms with Crippen molar-refractivity contribution in [3.8, 4) is 0 Å². The molecule has 0 aromatic heterocycles. The Bertz CT molecular complexity index is 2000. The fourth-order valence-corrected chi connectivity index (χ4v) is 14.8. The second kappa shape index (κ2) is 76.4. The number of esters is 4. The Morgan fingerprint density at radius 3 is 0.731 bits per heavy atom. The van der Waals surface area contributed by atoms with Crippen LogP contribution >= 0.6 is 15.6 Å². The van der Waals surface area contributed by atoms with E-state index in [-0.39, 0.29) is 25.7 Å². The van der Waals surface area contributed by atoms with E-state index < -0.39 is 97.5 Å². The van der Waals surface area contributed by atoms with Gasteiger partial charge in [0.2, 0.25) is 0 Å². The monoisotopic (exact) mass is 1520 g/mol. The quantitative estimate of drug-likeness (QED) is 0.0222. The Labute approximate surface area is 638 Å². The number of ether oxygens (including phenoxy) is 4. The van der Waals surface area contributed by atoms with Gasteiger partial charge in [0, 0.05) is 25.7 Å². The molecule has 0 saturated heterocycles. The first-order valence-electron chi connectivity index (χ1n) is 44.0. The zero-order chi connectivity index (χ0) is 76.4. The third-order valence-electron chi connectivity index (χ3n) is 20.3. The van der Waals surface area contributed by atoms with Crippen molar-refractivity contribution in [3.63, 3.8) is 0 Å². The van der Waals surface area contributed by atoms with E-state index >= 15 is 0 Å². The molecule has 0 aliphatic heterocycles. The van der Waals surface area contributed by atoms with E-state index in [4.69, 9.17) is 37.0 Å². The molecule has 0 aromatic rings. The lowest BCUT2D eigenvalue weighted by molar-refractivity contribution is -0.161. The molecule has 0 bridgehead atoms. The standard InChI is InChI=1S/C85H166O17P2/c1-7-10-12-14-16-18-20-22-24-26-27-28-29-30-32-34-36-38-43-51-57-63-69-84(89)101-80(73-95-82(87)67-61-55-49-42-37-35-33-31-25-23-21-19-17-15-13-11-8-2)75-99-103(91,92)97-71-79(86)72-98-104(93,94)100-76-81(74-96-83(88)68-62-56-50-46-45-47-53-59-65-77(4)5)102-85(90)70-64-58-52-44-40-39-41-48-54-60-66-78(6)9-3/h77-81,86H,7-76H2,1-6H3,(H,91,92)(H,93,94)/t78?,79-,80-,81-/m1/s1. The number of carbonyl (C=O) groups excluding carboxylic acids is 4. The SMILES string of the molecule is CCCCCCCCCCCCCCCCCCCCCCCCC(=O)O[C@H](COC(=O)CCCCCCCCCCCCCCCCCCC)COP(=O)(O)OC[C@@H](O)COP(=O)(O)OC[C@@H](COC(=O)CCCCCCCCCCC(C)C)OC(=O)CCCCCCCCCCCCC(C)CC. The topological polar surface area (TPSA) is 237 Å². The molecule has 0 fully saturated rings. The molecule has 0 saturated carbocycles. The Kier molecular flexibility index (Phi) is 75.0. The molecule has 0 spiro atoms. The lowest BCUT2D eigenvalue weighted by Gasteiger charge is -2.21. The fraction of sp³-hybridized carbons (Fsp3) is 0.953. The van der Waals surface area contributed by atoms with Crippen LogP contribution in [0, 0.1) is 11.8 Å². The number of rotatable bonds is 84. The molecular weight excluding hydrogens is 1350 g/mol. The van der Waals surface area contributed by atoms with Crippen LogP contribution in [0.4, 0.5) is 0 Å². The van der Waals surface area contributed by atoms with Crippen molar-refractivity contribution >= 4 is 39.5 Å². The lowest BCUT2D eigenvalue weighted by atomic mass is 9.99. The molecular formula is C85H166O17P2. The third kappa shape index (κ3) is 76.8. The van der Waals surface area contributed by atoms with Crippen molar-refractivity contribution in [1.82, 2.24) is 0 Å². The first-order valence-corrected chi connectivity index (χ1v) is 47.0. The molecule has 618 valence electrons. The summed E-state index contributed by atoms with van der Waals surface area (Å²) in [7, 11) is -9.93. The van der Waals surface area contributed by atoms with Gasteiger partial charge in [-0.05, 0) is 37.5 Å². The molecule has 0 heterocycles. The Morgan fingerprint density at radius 1 is 0.279 bits per heavy atom. The van der Waals surface area contributed by atoms with Crippen molar-refractivity contribution in [3.05, 3.63) is 0 Å². The molecule has 0 amide bonds. The van der Waals surface area contributed by atoms with Gasteiger partial charge in [-0.25, -0.2) is 9.13 Å². The van der Waals surface area contributed by atoms with Crippen LogP contribution in [0.1, 0.15) is 452 Å². The predicted octanol–water partition coefficient (Wildman–Crippen LogP) is 25.8. The van der Waals surface area contributed by atoms with Crippen molar-refractivity contribution in [2.75, 3.05) is 39.6 Å². The van der Waals surface area contributed by atoms with Gasteiger partial charge in [0.15, 0.2) is 12.2 Å². The van der Waals surface area contributed by atoms with Gasteiger partial charge in [-0.15, -0.1) is 0 Å². The summed E-state index contributed by atoms with van der Waals surface area (Å²) in [6.07, 6.45) is 68.1. The van der Waals surface area contributed by atoms with E-state index in [0.29, 0.717) is 25.7 Å². The maximum Gasteiger partial charge on any atom is 0.472 e. The highest BCUT2D eigenvalue weighted by atomic mass is 31.2. The molecule has 0 radical (unpaired) electrons. The van der Waals surface area contributed by atoms with Crippen LogP contribution < -0.4 is 0 Å². The third-order valence-corrected chi connectivity index (χ3v) is 22.2.